The van der Waals surface area contributed by atoms with Gasteiger partial charge >= 0.3 is 0 Å². The quantitative estimate of drug-likeness (QED) is 0.132. The maximum Gasteiger partial charge on any atom is 0.265 e. The number of hydrogen-bond acceptors (Lipinski definition) is 3. The lowest BCUT2D eigenvalue weighted by Crippen LogP contribution is -2.34. The van der Waals surface area contributed by atoms with Crippen molar-refractivity contribution in [2.24, 2.45) is 0 Å². The van der Waals surface area contributed by atoms with Crippen LogP contribution in [0.2, 0.25) is 0 Å². The summed E-state index contributed by atoms with van der Waals surface area (Å²) in [6.07, 6.45) is 10.9. The Bertz CT molecular complexity index is 2070. The van der Waals surface area contributed by atoms with Gasteiger partial charge in [-0.2, -0.15) is 0 Å². The Kier molecular flexibility index (Phi) is 8.96. The minimum absolute atomic E-state index is 0.0779. The monoisotopic (exact) mass is 635 g/mol. The zero-order valence-corrected chi connectivity index (χ0v) is 27.6. The van der Waals surface area contributed by atoms with Crippen LogP contribution in [0.4, 0.5) is 17.1 Å². The van der Waals surface area contributed by atoms with Crippen molar-refractivity contribution in [3.8, 4) is 6.07 Å². The minimum Gasteiger partial charge on any atom is -0.478 e. The predicted molar refractivity (Wildman–Crippen MR) is 198 cm³/mol. The maximum atomic E-state index is 9.88. The zero-order valence-electron chi connectivity index (χ0n) is 27.6. The molecule has 0 saturated heterocycles. The molecule has 2 aliphatic rings. The summed E-state index contributed by atoms with van der Waals surface area (Å²) in [6, 6.07) is 46.3. The number of aryl methyl sites for hydroxylation is 2. The largest absolute Gasteiger partial charge is 0.478 e. The number of anilines is 3. The van der Waals surface area contributed by atoms with E-state index in [1.54, 1.807) is 0 Å². The number of nitriles is 1. The summed E-state index contributed by atoms with van der Waals surface area (Å²) in [6.45, 7) is 9.85. The average molecular weight is 636 g/mol. The highest BCUT2D eigenvalue weighted by Crippen LogP contribution is 2.46. The van der Waals surface area contributed by atoms with Crippen LogP contribution in [0.3, 0.4) is 0 Å². The van der Waals surface area contributed by atoms with Gasteiger partial charge in [0.15, 0.2) is 5.60 Å². The predicted octanol–water partition coefficient (Wildman–Crippen LogP) is 11.3. The number of nitrogens with zero attached hydrogens (tertiary/aromatic N) is 3. The molecule has 0 amide bonds. The molecule has 238 valence electrons. The molecule has 0 aromatic heterocycles. The number of benzene rings is 5. The highest BCUT2D eigenvalue weighted by Gasteiger charge is 2.40. The van der Waals surface area contributed by atoms with Gasteiger partial charge in [0.1, 0.15) is 5.76 Å². The van der Waals surface area contributed by atoms with Crippen molar-refractivity contribution in [2.75, 3.05) is 4.90 Å². The molecule has 1 heterocycles. The molecule has 0 radical (unpaired) electrons. The molecule has 0 spiro atoms. The van der Waals surface area contributed by atoms with Gasteiger partial charge < -0.3 is 9.64 Å². The fourth-order valence-electron chi connectivity index (χ4n) is 7.07. The molecule has 0 atom stereocenters. The van der Waals surface area contributed by atoms with Crippen LogP contribution in [0.25, 0.3) is 10.9 Å². The average Bonchev–Trinajstić information content (AvgIpc) is 3.16. The van der Waals surface area contributed by atoms with Gasteiger partial charge in [0, 0.05) is 34.6 Å². The van der Waals surface area contributed by atoms with Gasteiger partial charge in [0.2, 0.25) is 0 Å². The van der Waals surface area contributed by atoms with Crippen molar-refractivity contribution >= 4 is 23.1 Å². The van der Waals surface area contributed by atoms with Crippen LogP contribution in [-0.2, 0) is 23.2 Å². The van der Waals surface area contributed by atoms with Crippen LogP contribution in [0.1, 0.15) is 52.6 Å². The van der Waals surface area contributed by atoms with E-state index in [0.717, 1.165) is 40.9 Å². The van der Waals surface area contributed by atoms with E-state index in [9.17, 15) is 5.26 Å². The molecule has 4 heteroatoms. The van der Waals surface area contributed by atoms with Gasteiger partial charge in [-0.3, -0.25) is 0 Å². The molecular weight excluding hydrogens is 599 g/mol. The van der Waals surface area contributed by atoms with Crippen molar-refractivity contribution in [3.63, 3.8) is 0 Å². The van der Waals surface area contributed by atoms with Crippen molar-refractivity contribution in [1.82, 2.24) is 0 Å². The van der Waals surface area contributed by atoms with E-state index in [1.807, 2.05) is 78.9 Å². The first-order valence-corrected chi connectivity index (χ1v) is 16.9. The number of rotatable bonds is 7. The molecule has 0 N–H and O–H groups in total. The van der Waals surface area contributed by atoms with Gasteiger partial charge in [-0.15, -0.1) is 0 Å². The Morgan fingerprint density at radius 1 is 0.776 bits per heavy atom. The van der Waals surface area contributed by atoms with Crippen molar-refractivity contribution in [1.29, 1.82) is 5.26 Å². The molecule has 49 heavy (non-hydrogen) atoms. The van der Waals surface area contributed by atoms with E-state index in [0.29, 0.717) is 17.8 Å². The molecule has 7 rings (SSSR count). The first-order chi connectivity index (χ1) is 24.1. The zero-order chi connectivity index (χ0) is 33.6. The lowest BCUT2D eigenvalue weighted by atomic mass is 9.79. The van der Waals surface area contributed by atoms with Crippen LogP contribution in [0, 0.1) is 24.8 Å². The van der Waals surface area contributed by atoms with Crippen LogP contribution >= 0.6 is 0 Å². The highest BCUT2D eigenvalue weighted by atomic mass is 16.5. The second-order valence-corrected chi connectivity index (χ2v) is 12.7. The summed E-state index contributed by atoms with van der Waals surface area (Å²) < 4.78 is 6.90. The summed E-state index contributed by atoms with van der Waals surface area (Å²) in [7, 11) is 0. The number of allylic oxidation sites excluding steroid dienone is 3. The van der Waals surface area contributed by atoms with E-state index < -0.39 is 5.60 Å². The summed E-state index contributed by atoms with van der Waals surface area (Å²) in [5.74, 6) is 0.589. The standard InChI is InChI=1S/C45H37N3O/c1-33-20-25-39(26-21-33)48(44-19-11-13-35-12-9-10-18-42(35)44)40-27-22-34(23-28-40)24-29-41-30-36(43(32-46)47-2)31-45(49-41,37-14-5-3-6-15-37)38-16-7-4-8-17-38/h3-8,11,13-17,19-30H,9-10,12,18,31H2,1H3. The van der Waals surface area contributed by atoms with E-state index in [1.165, 1.54) is 35.2 Å². The summed E-state index contributed by atoms with van der Waals surface area (Å²) in [5, 5.41) is 9.88. The molecular formula is C45H37N3O. The Balaban J connectivity index is 1.26. The first-order valence-electron chi connectivity index (χ1n) is 16.9. The fraction of sp³-hybridized carbons (Fsp3) is 0.156. The fourth-order valence-corrected chi connectivity index (χ4v) is 7.07. The van der Waals surface area contributed by atoms with Gasteiger partial charge in [-0.05, 0) is 97.4 Å². The molecule has 0 fully saturated rings. The number of ether oxygens (including phenoxy) is 1. The van der Waals surface area contributed by atoms with Crippen molar-refractivity contribution in [3.05, 3.63) is 201 Å². The summed E-state index contributed by atoms with van der Waals surface area (Å²) in [5.41, 5.74) is 10.4. The smallest absolute Gasteiger partial charge is 0.265 e. The van der Waals surface area contributed by atoms with E-state index in [4.69, 9.17) is 11.3 Å². The van der Waals surface area contributed by atoms with Gasteiger partial charge in [-0.25, -0.2) is 10.1 Å². The topological polar surface area (TPSA) is 40.6 Å². The lowest BCUT2D eigenvalue weighted by Gasteiger charge is -2.39. The summed E-state index contributed by atoms with van der Waals surface area (Å²) >= 11 is 0. The Hall–Kier alpha value is -6.10. The second kappa shape index (κ2) is 13.9. The van der Waals surface area contributed by atoms with Crippen LogP contribution in [-0.4, -0.2) is 0 Å². The van der Waals surface area contributed by atoms with Gasteiger partial charge in [-0.1, -0.05) is 109 Å². The third kappa shape index (κ3) is 6.42. The molecule has 5 aromatic carbocycles. The van der Waals surface area contributed by atoms with Gasteiger partial charge in [0.05, 0.1) is 12.6 Å². The van der Waals surface area contributed by atoms with Crippen molar-refractivity contribution in [2.45, 2.75) is 44.6 Å². The first kappa shape index (κ1) is 31.5. The second-order valence-electron chi connectivity index (χ2n) is 12.7. The Labute approximate surface area is 289 Å². The Morgan fingerprint density at radius 3 is 2.04 bits per heavy atom. The molecule has 5 aromatic rings. The third-order valence-electron chi connectivity index (χ3n) is 9.55. The number of fused-ring (bicyclic) bond motifs is 1. The van der Waals surface area contributed by atoms with E-state index in [-0.39, 0.29) is 5.70 Å². The maximum absolute atomic E-state index is 9.88. The SMILES string of the molecule is [C-]#[N+]C(C#N)=C1C=C(C=Cc2ccc(N(c3ccc(C)cc3)c3cccc4c3CCCC4)cc2)OC(c2ccccc2)(c2ccccc2)C1. The molecule has 1 aliphatic heterocycles. The van der Waals surface area contributed by atoms with Gasteiger partial charge in [0.25, 0.3) is 5.70 Å². The molecule has 1 aliphatic carbocycles. The molecule has 0 unspecified atom stereocenters. The molecule has 4 nitrogen and oxygen atoms in total. The minimum atomic E-state index is -0.897. The molecule has 0 saturated carbocycles. The highest BCUT2D eigenvalue weighted by molar-refractivity contribution is 5.80. The van der Waals surface area contributed by atoms with Crippen LogP contribution in [0.5, 0.6) is 0 Å². The summed E-state index contributed by atoms with van der Waals surface area (Å²) in [4.78, 5) is 5.96. The third-order valence-corrected chi connectivity index (χ3v) is 9.55. The number of hydrogen-bond donors (Lipinski definition) is 0. The molecule has 0 bridgehead atoms. The lowest BCUT2D eigenvalue weighted by molar-refractivity contribution is 0.0348. The normalized spacial score (nSPS) is 16.0. The van der Waals surface area contributed by atoms with Crippen LogP contribution < -0.4 is 4.90 Å². The van der Waals surface area contributed by atoms with E-state index in [2.05, 4.69) is 89.5 Å². The Morgan fingerprint density at radius 2 is 1.41 bits per heavy atom. The van der Waals surface area contributed by atoms with E-state index >= 15 is 0 Å². The van der Waals surface area contributed by atoms with Crippen molar-refractivity contribution < 1.29 is 4.74 Å². The van der Waals surface area contributed by atoms with Crippen LogP contribution in [0.15, 0.2) is 157 Å².